The fourth-order valence-corrected chi connectivity index (χ4v) is 3.24. The Bertz CT molecular complexity index is 491. The summed E-state index contributed by atoms with van der Waals surface area (Å²) >= 11 is 1.71. The highest BCUT2D eigenvalue weighted by Crippen LogP contribution is 2.29. The van der Waals surface area contributed by atoms with Crippen molar-refractivity contribution < 1.29 is 0 Å². The van der Waals surface area contributed by atoms with Gasteiger partial charge in [0.1, 0.15) is 0 Å². The lowest BCUT2D eigenvalue weighted by molar-refractivity contribution is 0.556. The molecule has 1 aliphatic rings. The number of fused-ring (bicyclic) bond motifs is 1. The molecule has 2 unspecified atom stereocenters. The molecule has 1 aliphatic carbocycles. The molecule has 2 nitrogen and oxygen atoms in total. The summed E-state index contributed by atoms with van der Waals surface area (Å²) in [7, 11) is 0. The van der Waals surface area contributed by atoms with E-state index in [1.54, 1.807) is 11.3 Å². The molecule has 0 amide bonds. The largest absolute Gasteiger partial charge is 0.382 e. The van der Waals surface area contributed by atoms with E-state index in [1.807, 2.05) is 5.51 Å². The van der Waals surface area contributed by atoms with Crippen LogP contribution >= 0.6 is 11.3 Å². The third-order valence-electron chi connectivity index (χ3n) is 3.54. The van der Waals surface area contributed by atoms with Gasteiger partial charge >= 0.3 is 0 Å². The molecule has 0 bridgehead atoms. The molecule has 16 heavy (non-hydrogen) atoms. The predicted molar refractivity (Wildman–Crippen MR) is 70.0 cm³/mol. The molecule has 1 saturated carbocycles. The maximum atomic E-state index is 4.30. The minimum Gasteiger partial charge on any atom is -0.382 e. The van der Waals surface area contributed by atoms with E-state index in [9.17, 15) is 0 Å². The van der Waals surface area contributed by atoms with Gasteiger partial charge in [0.05, 0.1) is 15.7 Å². The fourth-order valence-electron chi connectivity index (χ4n) is 2.52. The molecule has 3 rings (SSSR count). The van der Waals surface area contributed by atoms with E-state index in [0.717, 1.165) is 11.4 Å². The normalized spacial score (nSPS) is 25.1. The van der Waals surface area contributed by atoms with Crippen molar-refractivity contribution in [3.05, 3.63) is 23.7 Å². The highest BCUT2D eigenvalue weighted by molar-refractivity contribution is 7.16. The highest BCUT2D eigenvalue weighted by Gasteiger charge is 2.22. The third-order valence-corrected chi connectivity index (χ3v) is 4.34. The third kappa shape index (κ3) is 1.80. The Balaban J connectivity index is 1.83. The van der Waals surface area contributed by atoms with Crippen molar-refractivity contribution in [2.45, 2.75) is 32.2 Å². The molecular weight excluding hydrogens is 216 g/mol. The maximum absolute atomic E-state index is 4.30. The first kappa shape index (κ1) is 10.1. The van der Waals surface area contributed by atoms with Crippen LogP contribution in [0.4, 0.5) is 5.69 Å². The van der Waals surface area contributed by atoms with Crippen LogP contribution in [-0.4, -0.2) is 11.0 Å². The number of rotatable bonds is 2. The molecule has 2 aromatic rings. The van der Waals surface area contributed by atoms with Gasteiger partial charge in [-0.3, -0.25) is 0 Å². The Morgan fingerprint density at radius 1 is 1.38 bits per heavy atom. The summed E-state index contributed by atoms with van der Waals surface area (Å²) in [6, 6.07) is 7.13. The van der Waals surface area contributed by atoms with Gasteiger partial charge in [0.2, 0.25) is 0 Å². The number of hydrogen-bond acceptors (Lipinski definition) is 3. The smallest absolute Gasteiger partial charge is 0.0813 e. The van der Waals surface area contributed by atoms with Crippen molar-refractivity contribution >= 4 is 27.2 Å². The first-order valence-corrected chi connectivity index (χ1v) is 6.81. The van der Waals surface area contributed by atoms with E-state index in [1.165, 1.54) is 29.6 Å². The van der Waals surface area contributed by atoms with Crippen LogP contribution < -0.4 is 5.32 Å². The van der Waals surface area contributed by atoms with Crippen LogP contribution in [0, 0.1) is 5.92 Å². The Morgan fingerprint density at radius 2 is 2.31 bits per heavy atom. The molecule has 1 aromatic heterocycles. The second-order valence-electron chi connectivity index (χ2n) is 4.69. The molecule has 1 N–H and O–H groups in total. The number of nitrogens with zero attached hydrogens (tertiary/aromatic N) is 1. The Kier molecular flexibility index (Phi) is 2.56. The molecule has 0 saturated heterocycles. The van der Waals surface area contributed by atoms with Gasteiger partial charge in [-0.05, 0) is 37.0 Å². The summed E-state index contributed by atoms with van der Waals surface area (Å²) in [4.78, 5) is 4.30. The quantitative estimate of drug-likeness (QED) is 0.849. The first-order chi connectivity index (χ1) is 7.83. The molecule has 84 valence electrons. The van der Waals surface area contributed by atoms with Gasteiger partial charge in [-0.15, -0.1) is 11.3 Å². The van der Waals surface area contributed by atoms with Crippen LogP contribution in [0.2, 0.25) is 0 Å². The monoisotopic (exact) mass is 232 g/mol. The Hall–Kier alpha value is -1.09. The molecule has 1 fully saturated rings. The van der Waals surface area contributed by atoms with Crippen LogP contribution in [0.15, 0.2) is 23.7 Å². The number of thiazole rings is 1. The lowest BCUT2D eigenvalue weighted by atomic mass is 10.1. The number of anilines is 1. The van der Waals surface area contributed by atoms with Crippen LogP contribution in [0.25, 0.3) is 10.2 Å². The standard InChI is InChI=1S/C13H16N2S/c1-9-3-2-4-11(9)15-10-5-6-12-13(7-10)16-8-14-12/h5-9,11,15H,2-4H2,1H3. The van der Waals surface area contributed by atoms with Gasteiger partial charge < -0.3 is 5.32 Å². The van der Waals surface area contributed by atoms with Gasteiger partial charge in [0.15, 0.2) is 0 Å². The molecule has 3 heteroatoms. The predicted octanol–water partition coefficient (Wildman–Crippen LogP) is 3.90. The zero-order valence-electron chi connectivity index (χ0n) is 9.44. The lowest BCUT2D eigenvalue weighted by Gasteiger charge is -2.18. The van der Waals surface area contributed by atoms with Crippen LogP contribution in [0.3, 0.4) is 0 Å². The Morgan fingerprint density at radius 3 is 3.12 bits per heavy atom. The molecular formula is C13H16N2S. The molecule has 0 aliphatic heterocycles. The Labute approximate surface area is 99.7 Å². The van der Waals surface area contributed by atoms with Crippen molar-refractivity contribution in [3.8, 4) is 0 Å². The van der Waals surface area contributed by atoms with Gasteiger partial charge in [-0.1, -0.05) is 13.3 Å². The number of hydrogen-bond donors (Lipinski definition) is 1. The van der Waals surface area contributed by atoms with E-state index in [-0.39, 0.29) is 0 Å². The molecule has 2 atom stereocenters. The average molecular weight is 232 g/mol. The highest BCUT2D eigenvalue weighted by atomic mass is 32.1. The van der Waals surface area contributed by atoms with Crippen molar-refractivity contribution in [2.75, 3.05) is 5.32 Å². The summed E-state index contributed by atoms with van der Waals surface area (Å²) in [5, 5.41) is 3.65. The number of benzene rings is 1. The van der Waals surface area contributed by atoms with E-state index >= 15 is 0 Å². The number of aromatic nitrogens is 1. The average Bonchev–Trinajstić information content (AvgIpc) is 2.88. The second kappa shape index (κ2) is 4.06. The van der Waals surface area contributed by atoms with Crippen molar-refractivity contribution in [1.82, 2.24) is 4.98 Å². The summed E-state index contributed by atoms with van der Waals surface area (Å²) in [6.07, 6.45) is 4.03. The van der Waals surface area contributed by atoms with Crippen LogP contribution in [-0.2, 0) is 0 Å². The van der Waals surface area contributed by atoms with Gasteiger partial charge in [0.25, 0.3) is 0 Å². The van der Waals surface area contributed by atoms with E-state index in [0.29, 0.717) is 6.04 Å². The zero-order chi connectivity index (χ0) is 11.0. The molecule has 0 spiro atoms. The van der Waals surface area contributed by atoms with Crippen LogP contribution in [0.1, 0.15) is 26.2 Å². The summed E-state index contributed by atoms with van der Waals surface area (Å²) < 4.78 is 1.27. The molecule has 1 heterocycles. The maximum Gasteiger partial charge on any atom is 0.0813 e. The molecule has 1 aromatic carbocycles. The van der Waals surface area contributed by atoms with E-state index < -0.39 is 0 Å². The van der Waals surface area contributed by atoms with Gasteiger partial charge in [-0.25, -0.2) is 4.98 Å². The van der Waals surface area contributed by atoms with Crippen molar-refractivity contribution in [2.24, 2.45) is 5.92 Å². The number of nitrogens with one attached hydrogen (secondary N) is 1. The van der Waals surface area contributed by atoms with Crippen LogP contribution in [0.5, 0.6) is 0 Å². The SMILES string of the molecule is CC1CCCC1Nc1ccc2ncsc2c1. The summed E-state index contributed by atoms with van der Waals surface area (Å²) in [5.74, 6) is 0.803. The summed E-state index contributed by atoms with van der Waals surface area (Å²) in [5.41, 5.74) is 4.26. The summed E-state index contributed by atoms with van der Waals surface area (Å²) in [6.45, 7) is 2.34. The minimum absolute atomic E-state index is 0.658. The van der Waals surface area contributed by atoms with Crippen molar-refractivity contribution in [3.63, 3.8) is 0 Å². The first-order valence-electron chi connectivity index (χ1n) is 5.93. The zero-order valence-corrected chi connectivity index (χ0v) is 10.3. The van der Waals surface area contributed by atoms with Gasteiger partial charge in [0, 0.05) is 11.7 Å². The van der Waals surface area contributed by atoms with Crippen molar-refractivity contribution in [1.29, 1.82) is 0 Å². The fraction of sp³-hybridized carbons (Fsp3) is 0.462. The van der Waals surface area contributed by atoms with Gasteiger partial charge in [-0.2, -0.15) is 0 Å². The lowest BCUT2D eigenvalue weighted by Crippen LogP contribution is -2.21. The van der Waals surface area contributed by atoms with E-state index in [2.05, 4.69) is 35.4 Å². The minimum atomic E-state index is 0.658. The molecule has 0 radical (unpaired) electrons. The second-order valence-corrected chi connectivity index (χ2v) is 5.58. The topological polar surface area (TPSA) is 24.9 Å². The van der Waals surface area contributed by atoms with E-state index in [4.69, 9.17) is 0 Å².